The van der Waals surface area contributed by atoms with Gasteiger partial charge in [0.25, 0.3) is 5.91 Å². The zero-order valence-corrected chi connectivity index (χ0v) is 14.2. The van der Waals surface area contributed by atoms with Crippen molar-refractivity contribution in [3.05, 3.63) is 54.2 Å². The Labute approximate surface area is 145 Å². The molecule has 0 N–H and O–H groups in total. The molecule has 0 spiro atoms. The third-order valence-electron chi connectivity index (χ3n) is 4.75. The average molecular weight is 337 g/mol. The van der Waals surface area contributed by atoms with E-state index in [2.05, 4.69) is 15.2 Å². The molecular formula is C18H19N5O2. The van der Waals surface area contributed by atoms with Crippen molar-refractivity contribution in [3.63, 3.8) is 0 Å². The Hall–Kier alpha value is -2.80. The van der Waals surface area contributed by atoms with Gasteiger partial charge < -0.3 is 14.2 Å². The van der Waals surface area contributed by atoms with Gasteiger partial charge in [-0.1, -0.05) is 6.07 Å². The Morgan fingerprint density at radius 1 is 1.32 bits per heavy atom. The number of likely N-dealkylation sites (tertiary alicyclic amines) is 1. The number of amides is 1. The number of carbonyl (C=O) groups excluding carboxylic acids is 1. The lowest BCUT2D eigenvalue weighted by Gasteiger charge is -2.23. The number of hydrogen-bond acceptors (Lipinski definition) is 5. The third-order valence-corrected chi connectivity index (χ3v) is 4.75. The Morgan fingerprint density at radius 2 is 2.20 bits per heavy atom. The van der Waals surface area contributed by atoms with Crippen molar-refractivity contribution in [2.24, 2.45) is 7.05 Å². The van der Waals surface area contributed by atoms with E-state index in [0.29, 0.717) is 18.5 Å². The summed E-state index contributed by atoms with van der Waals surface area (Å²) in [6.45, 7) is 0.540. The maximum Gasteiger partial charge on any atom is 0.254 e. The molecule has 3 aromatic rings. The number of pyridine rings is 1. The second-order valence-electron chi connectivity index (χ2n) is 6.28. The van der Waals surface area contributed by atoms with Crippen LogP contribution in [-0.4, -0.2) is 50.3 Å². The van der Waals surface area contributed by atoms with Crippen LogP contribution in [0.1, 0.15) is 28.6 Å². The predicted octanol–water partition coefficient (Wildman–Crippen LogP) is 1.97. The van der Waals surface area contributed by atoms with Crippen LogP contribution in [0.2, 0.25) is 0 Å². The van der Waals surface area contributed by atoms with E-state index in [1.165, 1.54) is 0 Å². The summed E-state index contributed by atoms with van der Waals surface area (Å²) in [7, 11) is 3.56. The van der Waals surface area contributed by atoms with Crippen LogP contribution in [0.15, 0.2) is 42.9 Å². The number of aromatic nitrogens is 4. The lowest BCUT2D eigenvalue weighted by atomic mass is 10.1. The maximum atomic E-state index is 13.2. The molecule has 1 aromatic carbocycles. The topological polar surface area (TPSA) is 73.1 Å². The molecule has 7 nitrogen and oxygen atoms in total. The van der Waals surface area contributed by atoms with Gasteiger partial charge in [0.05, 0.1) is 17.7 Å². The summed E-state index contributed by atoms with van der Waals surface area (Å²) in [5, 5.41) is 9.10. The second-order valence-corrected chi connectivity index (χ2v) is 6.28. The highest BCUT2D eigenvalue weighted by molar-refractivity contribution is 5.98. The first-order valence-electron chi connectivity index (χ1n) is 8.20. The van der Waals surface area contributed by atoms with Crippen LogP contribution in [0.4, 0.5) is 0 Å². The molecule has 25 heavy (non-hydrogen) atoms. The van der Waals surface area contributed by atoms with Gasteiger partial charge in [0, 0.05) is 44.3 Å². The summed E-state index contributed by atoms with van der Waals surface area (Å²) in [6.07, 6.45) is 4.11. The van der Waals surface area contributed by atoms with Gasteiger partial charge in [0.2, 0.25) is 0 Å². The number of methoxy groups -OCH3 is 1. The maximum absolute atomic E-state index is 13.2. The van der Waals surface area contributed by atoms with E-state index in [0.717, 1.165) is 16.7 Å². The van der Waals surface area contributed by atoms with E-state index < -0.39 is 0 Å². The first-order chi connectivity index (χ1) is 12.2. The van der Waals surface area contributed by atoms with Crippen molar-refractivity contribution < 1.29 is 9.53 Å². The Bertz CT molecular complexity index is 922. The molecule has 1 fully saturated rings. The van der Waals surface area contributed by atoms with Crippen molar-refractivity contribution in [2.75, 3.05) is 13.7 Å². The molecule has 0 radical (unpaired) electrons. The molecule has 2 aromatic heterocycles. The minimum absolute atomic E-state index is 0.00669. The fraction of sp³-hybridized carbons (Fsp3) is 0.333. The quantitative estimate of drug-likeness (QED) is 0.730. The van der Waals surface area contributed by atoms with E-state index in [-0.39, 0.29) is 18.1 Å². The van der Waals surface area contributed by atoms with E-state index >= 15 is 0 Å². The molecule has 1 saturated heterocycles. The number of ether oxygens (including phenoxy) is 1. The van der Waals surface area contributed by atoms with E-state index in [9.17, 15) is 4.79 Å². The van der Waals surface area contributed by atoms with E-state index in [4.69, 9.17) is 4.74 Å². The van der Waals surface area contributed by atoms with Gasteiger partial charge in [-0.15, -0.1) is 10.2 Å². The SMILES string of the molecule is CO[C@@H]1C[C@@H](c2nncn2C)N(C(=O)c2ccc3ncccc3c2)C1. The molecule has 1 aliphatic rings. The Morgan fingerprint density at radius 3 is 2.96 bits per heavy atom. The van der Waals surface area contributed by atoms with Crippen molar-refractivity contribution in [1.82, 2.24) is 24.6 Å². The molecule has 1 amide bonds. The molecule has 128 valence electrons. The monoisotopic (exact) mass is 337 g/mol. The fourth-order valence-electron chi connectivity index (χ4n) is 3.41. The van der Waals surface area contributed by atoms with Crippen molar-refractivity contribution in [2.45, 2.75) is 18.6 Å². The van der Waals surface area contributed by atoms with Crippen molar-refractivity contribution in [3.8, 4) is 0 Å². The summed E-state index contributed by atoms with van der Waals surface area (Å²) in [6, 6.07) is 9.28. The highest BCUT2D eigenvalue weighted by Crippen LogP contribution is 2.33. The van der Waals surface area contributed by atoms with Crippen LogP contribution >= 0.6 is 0 Å². The molecule has 0 saturated carbocycles. The molecule has 0 aliphatic carbocycles. The lowest BCUT2D eigenvalue weighted by Crippen LogP contribution is -2.33. The number of aryl methyl sites for hydroxylation is 1. The van der Waals surface area contributed by atoms with E-state index in [1.54, 1.807) is 19.6 Å². The van der Waals surface area contributed by atoms with E-state index in [1.807, 2.05) is 46.8 Å². The first kappa shape index (κ1) is 15.7. The summed E-state index contributed by atoms with van der Waals surface area (Å²) >= 11 is 0. The number of rotatable bonds is 3. The zero-order valence-electron chi connectivity index (χ0n) is 14.2. The number of carbonyl (C=O) groups is 1. The minimum Gasteiger partial charge on any atom is -0.380 e. The zero-order chi connectivity index (χ0) is 17.4. The fourth-order valence-corrected chi connectivity index (χ4v) is 3.41. The summed E-state index contributed by atoms with van der Waals surface area (Å²) in [4.78, 5) is 19.3. The molecule has 0 unspecified atom stereocenters. The smallest absolute Gasteiger partial charge is 0.254 e. The molecule has 3 heterocycles. The molecule has 1 aliphatic heterocycles. The molecule has 2 atom stereocenters. The second kappa shape index (κ2) is 6.25. The van der Waals surface area contributed by atoms with Gasteiger partial charge in [0.1, 0.15) is 6.33 Å². The van der Waals surface area contributed by atoms with Crippen molar-refractivity contribution >= 4 is 16.8 Å². The van der Waals surface area contributed by atoms with Gasteiger partial charge in [-0.3, -0.25) is 9.78 Å². The molecule has 0 bridgehead atoms. The molecular weight excluding hydrogens is 318 g/mol. The van der Waals surface area contributed by atoms with Crippen molar-refractivity contribution in [1.29, 1.82) is 0 Å². The summed E-state index contributed by atoms with van der Waals surface area (Å²) in [5.41, 5.74) is 1.52. The molecule has 7 heteroatoms. The van der Waals surface area contributed by atoms with Crippen LogP contribution in [0.3, 0.4) is 0 Å². The Balaban J connectivity index is 1.69. The minimum atomic E-state index is -0.144. The highest BCUT2D eigenvalue weighted by Gasteiger charge is 2.39. The van der Waals surface area contributed by atoms with Crippen LogP contribution in [0.5, 0.6) is 0 Å². The van der Waals surface area contributed by atoms with Gasteiger partial charge in [0.15, 0.2) is 5.82 Å². The van der Waals surface area contributed by atoms with Gasteiger partial charge >= 0.3 is 0 Å². The van der Waals surface area contributed by atoms with Gasteiger partial charge in [-0.2, -0.15) is 0 Å². The van der Waals surface area contributed by atoms with Crippen LogP contribution in [-0.2, 0) is 11.8 Å². The van der Waals surface area contributed by atoms with Crippen LogP contribution < -0.4 is 0 Å². The predicted molar refractivity (Wildman–Crippen MR) is 91.9 cm³/mol. The normalized spacial score (nSPS) is 20.3. The van der Waals surface area contributed by atoms with Crippen LogP contribution in [0.25, 0.3) is 10.9 Å². The number of fused-ring (bicyclic) bond motifs is 1. The standard InChI is InChI=1S/C18H19N5O2/c1-22-11-20-21-17(22)16-9-14(25-2)10-23(16)18(24)13-5-6-15-12(8-13)4-3-7-19-15/h3-8,11,14,16H,9-10H2,1-2H3/t14-,16+/m1/s1. The van der Waals surface area contributed by atoms with Crippen LogP contribution in [0, 0.1) is 0 Å². The summed E-state index contributed by atoms with van der Waals surface area (Å²) < 4.78 is 7.36. The summed E-state index contributed by atoms with van der Waals surface area (Å²) in [5.74, 6) is 0.744. The number of nitrogens with zero attached hydrogens (tertiary/aromatic N) is 5. The van der Waals surface area contributed by atoms with Gasteiger partial charge in [-0.05, 0) is 24.3 Å². The first-order valence-corrected chi connectivity index (χ1v) is 8.20. The molecule has 4 rings (SSSR count). The largest absolute Gasteiger partial charge is 0.380 e. The average Bonchev–Trinajstić information content (AvgIpc) is 3.26. The van der Waals surface area contributed by atoms with Gasteiger partial charge in [-0.25, -0.2) is 0 Å². The third kappa shape index (κ3) is 2.76. The Kier molecular flexibility index (Phi) is 3.93. The highest BCUT2D eigenvalue weighted by atomic mass is 16.5. The number of benzene rings is 1. The number of hydrogen-bond donors (Lipinski definition) is 0. The lowest BCUT2D eigenvalue weighted by molar-refractivity contribution is 0.0683.